The van der Waals surface area contributed by atoms with E-state index in [9.17, 15) is 0 Å². The monoisotopic (exact) mass is 906 g/mol. The Hall–Kier alpha value is -9.59. The maximum absolute atomic E-state index is 6.90. The number of benzene rings is 8. The summed E-state index contributed by atoms with van der Waals surface area (Å²) in [5, 5.41) is 7.14. The molecule has 1 unspecified atom stereocenters. The number of fused-ring (bicyclic) bond motifs is 18. The van der Waals surface area contributed by atoms with E-state index in [1.54, 1.807) is 0 Å². The van der Waals surface area contributed by atoms with Crippen LogP contribution in [-0.4, -0.2) is 28.7 Å². The van der Waals surface area contributed by atoms with E-state index in [1.165, 1.54) is 21.5 Å². The Balaban J connectivity index is 0.915. The Morgan fingerprint density at radius 1 is 0.338 bits per heavy atom. The predicted octanol–water partition coefficient (Wildman–Crippen LogP) is 15.3. The number of rotatable bonds is 4. The van der Waals surface area contributed by atoms with Crippen LogP contribution in [0.2, 0.25) is 0 Å². The molecule has 0 radical (unpaired) electrons. The maximum atomic E-state index is 6.90. The van der Waals surface area contributed by atoms with Crippen LogP contribution in [0.3, 0.4) is 0 Å². The van der Waals surface area contributed by atoms with Crippen LogP contribution < -0.4 is 4.74 Å². The van der Waals surface area contributed by atoms with Gasteiger partial charge in [-0.2, -0.15) is 0 Å². The van der Waals surface area contributed by atoms with Gasteiger partial charge < -0.3 is 13.9 Å². The zero-order valence-corrected chi connectivity index (χ0v) is 38.0. The molecule has 1 spiro atoms. The summed E-state index contributed by atoms with van der Waals surface area (Å²) >= 11 is 0. The Morgan fingerprint density at radius 3 is 1.58 bits per heavy atom. The third-order valence-electron chi connectivity index (χ3n) is 15.2. The van der Waals surface area contributed by atoms with Crippen molar-refractivity contribution in [2.45, 2.75) is 5.41 Å². The van der Waals surface area contributed by atoms with E-state index in [2.05, 4.69) is 220 Å². The van der Waals surface area contributed by atoms with Crippen molar-refractivity contribution < 1.29 is 4.74 Å². The van der Waals surface area contributed by atoms with Crippen molar-refractivity contribution in [2.75, 3.05) is 0 Å². The SMILES string of the molecule is c1ccc2c(c1)Oc1ccc(-n3c4ccccc4c4ccccc43)cc1C21c2cccnc2-c2ncc(-c3ccc4c(c3)c3ccccc3n4-c3cccnc3-n3c4ccccc4c4ccccc43)cc21. The molecule has 1 atom stereocenters. The number of aromatic nitrogens is 6. The van der Waals surface area contributed by atoms with Gasteiger partial charge >= 0.3 is 0 Å². The highest BCUT2D eigenvalue weighted by atomic mass is 16.5. The molecule has 2 aliphatic rings. The van der Waals surface area contributed by atoms with Gasteiger partial charge in [-0.1, -0.05) is 121 Å². The van der Waals surface area contributed by atoms with Crippen molar-refractivity contribution in [3.05, 3.63) is 253 Å². The standard InChI is InChI=1S/C64H38N6O/c1-7-22-52-42(15-1)43-16-2-8-23-53(43)68(52)41-30-32-60-50(37-41)64(48-20-6-12-28-59(48)71-60)49-21-13-33-65-61(49)62-51(64)36-40(38-67-62)39-29-31-57-47(35-39)46-19-5-9-24-54(46)69(57)58-27-14-34-66-63(58)70-55-25-10-3-17-44(55)45-18-4-11-26-56(45)70/h1-38H. The average Bonchev–Trinajstić information content (AvgIpc) is 4.15. The zero-order valence-electron chi connectivity index (χ0n) is 38.0. The lowest BCUT2D eigenvalue weighted by Crippen LogP contribution is -2.32. The van der Waals surface area contributed by atoms with Crippen molar-refractivity contribution in [2.24, 2.45) is 0 Å². The molecule has 16 rings (SSSR count). The van der Waals surface area contributed by atoms with Gasteiger partial charge in [0.15, 0.2) is 5.82 Å². The first-order valence-electron chi connectivity index (χ1n) is 24.1. The van der Waals surface area contributed by atoms with Crippen LogP contribution in [0, 0.1) is 0 Å². The average molecular weight is 907 g/mol. The van der Waals surface area contributed by atoms with Crippen LogP contribution in [-0.2, 0) is 5.41 Å². The molecule has 0 bridgehead atoms. The molecule has 0 fully saturated rings. The third-order valence-corrected chi connectivity index (χ3v) is 15.2. The van der Waals surface area contributed by atoms with Crippen LogP contribution in [0.15, 0.2) is 231 Å². The first-order valence-corrected chi connectivity index (χ1v) is 24.1. The molecular formula is C64H38N6O. The summed E-state index contributed by atoms with van der Waals surface area (Å²) in [6, 6.07) is 76.2. The van der Waals surface area contributed by atoms with E-state index in [4.69, 9.17) is 19.7 Å². The number of pyridine rings is 3. The minimum atomic E-state index is -0.787. The molecule has 330 valence electrons. The zero-order chi connectivity index (χ0) is 46.4. The molecule has 14 aromatic rings. The minimum Gasteiger partial charge on any atom is -0.457 e. The highest BCUT2D eigenvalue weighted by Gasteiger charge is 2.52. The summed E-state index contributed by atoms with van der Waals surface area (Å²) < 4.78 is 14.0. The van der Waals surface area contributed by atoms with E-state index in [0.717, 1.165) is 117 Å². The molecule has 1 aliphatic carbocycles. The molecule has 0 amide bonds. The lowest BCUT2D eigenvalue weighted by molar-refractivity contribution is 0.436. The smallest absolute Gasteiger partial charge is 0.162 e. The molecule has 8 aromatic carbocycles. The number of ether oxygens (including phenoxy) is 1. The highest BCUT2D eigenvalue weighted by molar-refractivity contribution is 6.13. The van der Waals surface area contributed by atoms with E-state index < -0.39 is 5.41 Å². The summed E-state index contributed by atoms with van der Waals surface area (Å²) in [6.45, 7) is 0. The van der Waals surface area contributed by atoms with Gasteiger partial charge in [0, 0.05) is 78.8 Å². The molecule has 7 heterocycles. The topological polar surface area (TPSA) is 62.7 Å². The molecular weight excluding hydrogens is 869 g/mol. The number of hydrogen-bond donors (Lipinski definition) is 0. The number of nitrogens with zero attached hydrogens (tertiary/aromatic N) is 6. The molecule has 0 saturated heterocycles. The highest BCUT2D eigenvalue weighted by Crippen LogP contribution is 2.62. The third kappa shape index (κ3) is 5.08. The summed E-state index contributed by atoms with van der Waals surface area (Å²) in [4.78, 5) is 15.6. The van der Waals surface area contributed by atoms with E-state index in [1.807, 2.05) is 24.7 Å². The minimum absolute atomic E-state index is 0.787. The van der Waals surface area contributed by atoms with Crippen molar-refractivity contribution in [1.29, 1.82) is 0 Å². The molecule has 71 heavy (non-hydrogen) atoms. The van der Waals surface area contributed by atoms with E-state index in [0.29, 0.717) is 0 Å². The van der Waals surface area contributed by atoms with Gasteiger partial charge in [0.2, 0.25) is 0 Å². The van der Waals surface area contributed by atoms with Gasteiger partial charge in [0.1, 0.15) is 11.5 Å². The van der Waals surface area contributed by atoms with Gasteiger partial charge in [0.05, 0.1) is 55.6 Å². The molecule has 6 aromatic heterocycles. The van der Waals surface area contributed by atoms with Gasteiger partial charge in [-0.25, -0.2) is 4.98 Å². The second-order valence-electron chi connectivity index (χ2n) is 18.7. The van der Waals surface area contributed by atoms with Crippen molar-refractivity contribution in [3.8, 4) is 51.2 Å². The summed E-state index contributed by atoms with van der Waals surface area (Å²) in [7, 11) is 0. The summed E-state index contributed by atoms with van der Waals surface area (Å²) in [5.74, 6) is 2.50. The fraction of sp³-hybridized carbons (Fsp3) is 0.0156. The quantitative estimate of drug-likeness (QED) is 0.176. The van der Waals surface area contributed by atoms with E-state index in [-0.39, 0.29) is 0 Å². The first kappa shape index (κ1) is 38.4. The first-order chi connectivity index (χ1) is 35.2. The van der Waals surface area contributed by atoms with Gasteiger partial charge in [0.25, 0.3) is 0 Å². The van der Waals surface area contributed by atoms with Crippen molar-refractivity contribution >= 4 is 65.4 Å². The fourth-order valence-electron chi connectivity index (χ4n) is 12.4. The summed E-state index contributed by atoms with van der Waals surface area (Å²) in [6.07, 6.45) is 5.81. The molecule has 7 heteroatoms. The second-order valence-corrected chi connectivity index (χ2v) is 18.7. The number of hydrogen-bond acceptors (Lipinski definition) is 4. The molecule has 1 aliphatic heterocycles. The Morgan fingerprint density at radius 2 is 0.873 bits per heavy atom. The molecule has 7 nitrogen and oxygen atoms in total. The van der Waals surface area contributed by atoms with Crippen LogP contribution >= 0.6 is 0 Å². The van der Waals surface area contributed by atoms with Gasteiger partial charge in [-0.05, 0) is 102 Å². The van der Waals surface area contributed by atoms with Crippen LogP contribution in [0.4, 0.5) is 0 Å². The second kappa shape index (κ2) is 14.2. The number of para-hydroxylation sites is 6. The Bertz CT molecular complexity index is 4490. The van der Waals surface area contributed by atoms with Crippen LogP contribution in [0.5, 0.6) is 11.5 Å². The maximum Gasteiger partial charge on any atom is 0.162 e. The van der Waals surface area contributed by atoms with Gasteiger partial charge in [-0.3, -0.25) is 14.5 Å². The van der Waals surface area contributed by atoms with Crippen LogP contribution in [0.25, 0.3) is 105 Å². The van der Waals surface area contributed by atoms with Crippen molar-refractivity contribution in [1.82, 2.24) is 28.7 Å². The molecule has 0 saturated carbocycles. The lowest BCUT2D eigenvalue weighted by Gasteiger charge is -2.39. The van der Waals surface area contributed by atoms with E-state index >= 15 is 0 Å². The summed E-state index contributed by atoms with van der Waals surface area (Å²) in [5.41, 5.74) is 16.2. The largest absolute Gasteiger partial charge is 0.457 e. The Labute approximate surface area is 406 Å². The van der Waals surface area contributed by atoms with Gasteiger partial charge in [-0.15, -0.1) is 0 Å². The fourth-order valence-corrected chi connectivity index (χ4v) is 12.4. The van der Waals surface area contributed by atoms with Crippen LogP contribution in [0.1, 0.15) is 22.3 Å². The Kier molecular flexibility index (Phi) is 7.69. The normalized spacial score (nSPS) is 14.6. The molecule has 0 N–H and O–H groups in total. The predicted molar refractivity (Wildman–Crippen MR) is 286 cm³/mol. The lowest BCUT2D eigenvalue weighted by atomic mass is 9.66. The van der Waals surface area contributed by atoms with Crippen molar-refractivity contribution in [3.63, 3.8) is 0 Å².